The third kappa shape index (κ3) is 2.55. The highest BCUT2D eigenvalue weighted by molar-refractivity contribution is 6.34. The van der Waals surface area contributed by atoms with E-state index in [2.05, 4.69) is 10.2 Å². The molecule has 0 radical (unpaired) electrons. The molecule has 3 saturated heterocycles. The Balaban J connectivity index is 1.73. The minimum Gasteiger partial charge on any atom is -0.399 e. The third-order valence-electron chi connectivity index (χ3n) is 4.21. The third-order valence-corrected chi connectivity index (χ3v) is 4.54. The molecule has 1 aromatic rings. The van der Waals surface area contributed by atoms with E-state index in [0.717, 1.165) is 19.6 Å². The van der Waals surface area contributed by atoms with Crippen molar-refractivity contribution in [3.05, 3.63) is 28.8 Å². The number of carbonyl (C=O) groups excluding carboxylic acids is 1. The lowest BCUT2D eigenvalue weighted by molar-refractivity contribution is 0.0620. The van der Waals surface area contributed by atoms with Gasteiger partial charge in [-0.05, 0) is 50.0 Å². The molecule has 1 atom stereocenters. The first-order chi connectivity index (χ1) is 9.13. The van der Waals surface area contributed by atoms with Crippen LogP contribution in [0, 0.1) is 5.92 Å². The molecule has 0 aromatic heterocycles. The van der Waals surface area contributed by atoms with Crippen LogP contribution in [0.3, 0.4) is 0 Å². The van der Waals surface area contributed by atoms with Crippen LogP contribution in [0.1, 0.15) is 23.2 Å². The number of halogens is 1. The van der Waals surface area contributed by atoms with E-state index in [1.54, 1.807) is 18.2 Å². The molecule has 3 heterocycles. The Morgan fingerprint density at radius 1 is 1.37 bits per heavy atom. The van der Waals surface area contributed by atoms with Gasteiger partial charge in [-0.1, -0.05) is 11.6 Å². The van der Waals surface area contributed by atoms with Crippen LogP contribution in [0.2, 0.25) is 5.02 Å². The van der Waals surface area contributed by atoms with Crippen LogP contribution in [0.25, 0.3) is 0 Å². The Morgan fingerprint density at radius 3 is 2.74 bits per heavy atom. The molecule has 0 saturated carbocycles. The van der Waals surface area contributed by atoms with Crippen molar-refractivity contribution in [2.75, 3.05) is 25.4 Å². The summed E-state index contributed by atoms with van der Waals surface area (Å²) in [6.07, 6.45) is 2.35. The summed E-state index contributed by atoms with van der Waals surface area (Å²) in [7, 11) is 0. The summed E-state index contributed by atoms with van der Waals surface area (Å²) in [4.78, 5) is 14.7. The van der Waals surface area contributed by atoms with Crippen LogP contribution in [0.4, 0.5) is 5.69 Å². The Kier molecular flexibility index (Phi) is 3.37. The summed E-state index contributed by atoms with van der Waals surface area (Å²) in [5.74, 6) is 0.491. The first kappa shape index (κ1) is 12.8. The topological polar surface area (TPSA) is 58.4 Å². The van der Waals surface area contributed by atoms with E-state index < -0.39 is 0 Å². The van der Waals surface area contributed by atoms with Gasteiger partial charge in [0, 0.05) is 18.3 Å². The largest absolute Gasteiger partial charge is 0.399 e. The van der Waals surface area contributed by atoms with Crippen LogP contribution in [0.5, 0.6) is 0 Å². The van der Waals surface area contributed by atoms with E-state index in [-0.39, 0.29) is 11.9 Å². The number of nitrogens with one attached hydrogen (secondary N) is 1. The van der Waals surface area contributed by atoms with Gasteiger partial charge in [-0.2, -0.15) is 0 Å². The molecule has 4 nitrogen and oxygen atoms in total. The highest BCUT2D eigenvalue weighted by atomic mass is 35.5. The SMILES string of the molecule is Nc1ccc(Cl)c(C(=O)NC2CN3CCC2CC3)c1. The lowest BCUT2D eigenvalue weighted by atomic mass is 9.84. The average Bonchev–Trinajstić information content (AvgIpc) is 2.43. The van der Waals surface area contributed by atoms with Crippen molar-refractivity contribution < 1.29 is 4.79 Å². The van der Waals surface area contributed by atoms with Crippen LogP contribution < -0.4 is 11.1 Å². The van der Waals surface area contributed by atoms with Gasteiger partial charge in [0.25, 0.3) is 5.91 Å². The molecule has 0 aliphatic carbocycles. The van der Waals surface area contributed by atoms with Crippen molar-refractivity contribution in [2.24, 2.45) is 5.92 Å². The molecule has 1 unspecified atom stereocenters. The molecule has 3 N–H and O–H groups in total. The highest BCUT2D eigenvalue weighted by Gasteiger charge is 2.35. The van der Waals surface area contributed by atoms with Gasteiger partial charge in [0.1, 0.15) is 0 Å². The second-order valence-electron chi connectivity index (χ2n) is 5.46. The fourth-order valence-corrected chi connectivity index (χ4v) is 3.30. The number of amides is 1. The number of rotatable bonds is 2. The maximum atomic E-state index is 12.3. The van der Waals surface area contributed by atoms with Crippen LogP contribution in [0.15, 0.2) is 18.2 Å². The molecule has 102 valence electrons. The van der Waals surface area contributed by atoms with Gasteiger partial charge < -0.3 is 16.0 Å². The lowest BCUT2D eigenvalue weighted by Crippen LogP contribution is -2.57. The molecule has 19 heavy (non-hydrogen) atoms. The van der Waals surface area contributed by atoms with E-state index in [1.165, 1.54) is 12.8 Å². The zero-order chi connectivity index (χ0) is 13.4. The monoisotopic (exact) mass is 279 g/mol. The van der Waals surface area contributed by atoms with Crippen molar-refractivity contribution in [1.82, 2.24) is 10.2 Å². The molecule has 0 spiro atoms. The normalized spacial score (nSPS) is 29.2. The molecule has 5 heteroatoms. The Labute approximate surface area is 117 Å². The standard InChI is InChI=1S/C14H18ClN3O/c15-12-2-1-10(16)7-11(12)14(19)17-13-8-18-5-3-9(13)4-6-18/h1-2,7,9,13H,3-6,8,16H2,(H,17,19). The fraction of sp³-hybridized carbons (Fsp3) is 0.500. The van der Waals surface area contributed by atoms with Crippen molar-refractivity contribution in [2.45, 2.75) is 18.9 Å². The number of nitrogens with zero attached hydrogens (tertiary/aromatic N) is 1. The van der Waals surface area contributed by atoms with Crippen LogP contribution in [-0.2, 0) is 0 Å². The van der Waals surface area contributed by atoms with Crippen molar-refractivity contribution in [3.63, 3.8) is 0 Å². The van der Waals surface area contributed by atoms with E-state index >= 15 is 0 Å². The smallest absolute Gasteiger partial charge is 0.253 e. The summed E-state index contributed by atoms with van der Waals surface area (Å²) in [5, 5.41) is 3.57. The lowest BCUT2D eigenvalue weighted by Gasteiger charge is -2.44. The number of nitrogens with two attached hydrogens (primary N) is 1. The summed E-state index contributed by atoms with van der Waals surface area (Å²) in [5.41, 5.74) is 6.74. The zero-order valence-electron chi connectivity index (χ0n) is 10.7. The maximum Gasteiger partial charge on any atom is 0.253 e. The number of benzene rings is 1. The highest BCUT2D eigenvalue weighted by Crippen LogP contribution is 2.28. The first-order valence-electron chi connectivity index (χ1n) is 6.72. The van der Waals surface area contributed by atoms with E-state index in [0.29, 0.717) is 22.2 Å². The Morgan fingerprint density at radius 2 is 2.11 bits per heavy atom. The number of carbonyl (C=O) groups is 1. The fourth-order valence-electron chi connectivity index (χ4n) is 3.09. The van der Waals surface area contributed by atoms with Crippen molar-refractivity contribution >= 4 is 23.2 Å². The van der Waals surface area contributed by atoms with Gasteiger partial charge in [-0.15, -0.1) is 0 Å². The molecule has 1 amide bonds. The molecule has 3 fully saturated rings. The Bertz CT molecular complexity index is 497. The van der Waals surface area contributed by atoms with Gasteiger partial charge in [0.2, 0.25) is 0 Å². The van der Waals surface area contributed by atoms with E-state index in [9.17, 15) is 4.79 Å². The number of anilines is 1. The van der Waals surface area contributed by atoms with Crippen LogP contribution in [-0.4, -0.2) is 36.5 Å². The van der Waals surface area contributed by atoms with Crippen molar-refractivity contribution in [3.8, 4) is 0 Å². The molecular weight excluding hydrogens is 262 g/mol. The second kappa shape index (κ2) is 5.02. The van der Waals surface area contributed by atoms with Gasteiger partial charge in [-0.25, -0.2) is 0 Å². The summed E-state index contributed by atoms with van der Waals surface area (Å²) in [6.45, 7) is 3.28. The molecule has 1 aromatic carbocycles. The molecule has 2 bridgehead atoms. The quantitative estimate of drug-likeness (QED) is 0.811. The maximum absolute atomic E-state index is 12.3. The van der Waals surface area contributed by atoms with Gasteiger partial charge >= 0.3 is 0 Å². The Hall–Kier alpha value is -1.26. The molecule has 3 aliphatic rings. The summed E-state index contributed by atoms with van der Waals surface area (Å²) >= 11 is 6.06. The summed E-state index contributed by atoms with van der Waals surface area (Å²) in [6, 6.07) is 5.25. The zero-order valence-corrected chi connectivity index (χ0v) is 11.5. The number of hydrogen-bond donors (Lipinski definition) is 2. The van der Waals surface area contributed by atoms with E-state index in [1.807, 2.05) is 0 Å². The predicted octanol–water partition coefficient (Wildman–Crippen LogP) is 1.75. The molecule has 3 aliphatic heterocycles. The van der Waals surface area contributed by atoms with Crippen LogP contribution >= 0.6 is 11.6 Å². The van der Waals surface area contributed by atoms with Gasteiger partial charge in [-0.3, -0.25) is 4.79 Å². The number of fused-ring (bicyclic) bond motifs is 3. The first-order valence-corrected chi connectivity index (χ1v) is 7.09. The van der Waals surface area contributed by atoms with E-state index in [4.69, 9.17) is 17.3 Å². The molecule has 4 rings (SSSR count). The number of hydrogen-bond acceptors (Lipinski definition) is 3. The van der Waals surface area contributed by atoms with Gasteiger partial charge in [0.15, 0.2) is 0 Å². The molecular formula is C14H18ClN3O. The predicted molar refractivity (Wildman–Crippen MR) is 76.3 cm³/mol. The minimum atomic E-state index is -0.115. The second-order valence-corrected chi connectivity index (χ2v) is 5.86. The van der Waals surface area contributed by atoms with Gasteiger partial charge in [0.05, 0.1) is 10.6 Å². The number of nitrogen functional groups attached to an aromatic ring is 1. The number of piperidine rings is 3. The van der Waals surface area contributed by atoms with Crippen molar-refractivity contribution in [1.29, 1.82) is 0 Å². The minimum absolute atomic E-state index is 0.115. The summed E-state index contributed by atoms with van der Waals surface area (Å²) < 4.78 is 0. The average molecular weight is 280 g/mol.